The van der Waals surface area contributed by atoms with E-state index in [-0.39, 0.29) is 38.1 Å². The predicted octanol–water partition coefficient (Wildman–Crippen LogP) is 0.202. The third kappa shape index (κ3) is 5.24. The highest BCUT2D eigenvalue weighted by Crippen LogP contribution is 2.29. The number of hydrazine groups is 1. The first-order chi connectivity index (χ1) is 8.97. The Balaban J connectivity index is 2.67. The number of nitrogens with two attached hydrogens (primary N) is 1. The van der Waals surface area contributed by atoms with Crippen molar-refractivity contribution in [1.82, 2.24) is 9.97 Å². The maximum absolute atomic E-state index is 12.5. The van der Waals surface area contributed by atoms with Crippen molar-refractivity contribution in [3.05, 3.63) is 11.8 Å². The molecule has 19 heavy (non-hydrogen) atoms. The number of rotatable bonds is 7. The smallest absolute Gasteiger partial charge is 0.394 e. The lowest BCUT2D eigenvalue weighted by atomic mass is 10.4. The van der Waals surface area contributed by atoms with Gasteiger partial charge in [0.15, 0.2) is 5.69 Å². The summed E-state index contributed by atoms with van der Waals surface area (Å²) in [5.41, 5.74) is 0.861. The summed E-state index contributed by atoms with van der Waals surface area (Å²) in [4.78, 5) is 6.92. The number of nitrogen functional groups attached to an aromatic ring is 1. The normalized spacial score (nSPS) is 11.4. The summed E-state index contributed by atoms with van der Waals surface area (Å²) in [7, 11) is 0. The number of anilines is 2. The highest BCUT2D eigenvalue weighted by Gasteiger charge is 2.33. The van der Waals surface area contributed by atoms with Gasteiger partial charge < -0.3 is 15.2 Å². The number of alkyl halides is 3. The molecule has 0 radical (unpaired) electrons. The first-order valence-electron chi connectivity index (χ1n) is 5.32. The molecule has 0 saturated heterocycles. The summed E-state index contributed by atoms with van der Waals surface area (Å²) in [6.07, 6.45) is -4.58. The third-order valence-electron chi connectivity index (χ3n) is 1.93. The number of aliphatic hydroxyl groups excluding tert-OH is 1. The molecular formula is C9H14F3N5O2. The van der Waals surface area contributed by atoms with Crippen LogP contribution in [0.4, 0.5) is 24.9 Å². The fraction of sp³-hybridized carbons (Fsp3) is 0.556. The lowest BCUT2D eigenvalue weighted by molar-refractivity contribution is -0.141. The molecule has 0 aliphatic rings. The van der Waals surface area contributed by atoms with Gasteiger partial charge in [-0.1, -0.05) is 0 Å². The van der Waals surface area contributed by atoms with Crippen LogP contribution in [0.25, 0.3) is 0 Å². The Morgan fingerprint density at radius 2 is 2.05 bits per heavy atom. The van der Waals surface area contributed by atoms with Crippen LogP contribution in [-0.2, 0) is 10.9 Å². The molecule has 0 saturated carbocycles. The summed E-state index contributed by atoms with van der Waals surface area (Å²) in [6, 6.07) is 0.771. The van der Waals surface area contributed by atoms with Crippen molar-refractivity contribution in [2.24, 2.45) is 5.84 Å². The molecule has 7 nitrogen and oxygen atoms in total. The molecule has 108 valence electrons. The van der Waals surface area contributed by atoms with E-state index in [2.05, 4.69) is 15.3 Å². The van der Waals surface area contributed by atoms with Crippen LogP contribution in [0.1, 0.15) is 5.69 Å². The van der Waals surface area contributed by atoms with Gasteiger partial charge >= 0.3 is 6.18 Å². The number of nitrogens with one attached hydrogen (secondary N) is 2. The van der Waals surface area contributed by atoms with Crippen LogP contribution in [0, 0.1) is 0 Å². The molecule has 1 aromatic heterocycles. The molecule has 1 heterocycles. The molecule has 5 N–H and O–H groups in total. The number of nitrogens with zero attached hydrogens (tertiary/aromatic N) is 2. The summed E-state index contributed by atoms with van der Waals surface area (Å²) in [5.74, 6) is 4.64. The Kier molecular flexibility index (Phi) is 5.73. The summed E-state index contributed by atoms with van der Waals surface area (Å²) < 4.78 is 42.5. The second kappa shape index (κ2) is 7.07. The van der Waals surface area contributed by atoms with E-state index in [1.807, 2.05) is 5.43 Å². The molecule has 10 heteroatoms. The van der Waals surface area contributed by atoms with E-state index < -0.39 is 11.9 Å². The minimum Gasteiger partial charge on any atom is -0.394 e. The fourth-order valence-electron chi connectivity index (χ4n) is 1.17. The molecule has 0 aliphatic heterocycles. The second-order valence-electron chi connectivity index (χ2n) is 3.37. The Labute approximate surface area is 107 Å². The highest BCUT2D eigenvalue weighted by molar-refractivity contribution is 5.42. The van der Waals surface area contributed by atoms with Gasteiger partial charge in [-0.25, -0.2) is 10.8 Å². The zero-order valence-electron chi connectivity index (χ0n) is 9.87. The van der Waals surface area contributed by atoms with E-state index in [9.17, 15) is 13.2 Å². The van der Waals surface area contributed by atoms with Crippen LogP contribution >= 0.6 is 0 Å². The molecule has 0 aromatic carbocycles. The van der Waals surface area contributed by atoms with E-state index >= 15 is 0 Å². The van der Waals surface area contributed by atoms with Gasteiger partial charge in [0.25, 0.3) is 0 Å². The summed E-state index contributed by atoms with van der Waals surface area (Å²) in [5, 5.41) is 11.1. The van der Waals surface area contributed by atoms with Crippen molar-refractivity contribution in [3.63, 3.8) is 0 Å². The Morgan fingerprint density at radius 3 is 2.63 bits per heavy atom. The minimum atomic E-state index is -4.58. The average molecular weight is 281 g/mol. The number of hydrogen-bond acceptors (Lipinski definition) is 7. The van der Waals surface area contributed by atoms with Gasteiger partial charge in [-0.2, -0.15) is 18.2 Å². The maximum Gasteiger partial charge on any atom is 0.433 e. The van der Waals surface area contributed by atoms with Crippen molar-refractivity contribution < 1.29 is 23.0 Å². The van der Waals surface area contributed by atoms with Gasteiger partial charge in [-0.15, -0.1) is 0 Å². The number of hydrogen-bond donors (Lipinski definition) is 4. The van der Waals surface area contributed by atoms with Crippen LogP contribution in [0.2, 0.25) is 0 Å². The van der Waals surface area contributed by atoms with Crippen LogP contribution in [0.5, 0.6) is 0 Å². The first kappa shape index (κ1) is 15.4. The predicted molar refractivity (Wildman–Crippen MR) is 61.2 cm³/mol. The highest BCUT2D eigenvalue weighted by atomic mass is 19.4. The molecule has 1 aromatic rings. The summed E-state index contributed by atoms with van der Waals surface area (Å²) >= 11 is 0. The second-order valence-corrected chi connectivity index (χ2v) is 3.37. The number of ether oxygens (including phenoxy) is 1. The van der Waals surface area contributed by atoms with E-state index in [0.717, 1.165) is 6.07 Å². The van der Waals surface area contributed by atoms with Gasteiger partial charge in [0.1, 0.15) is 5.82 Å². The number of halogens is 3. The zero-order valence-corrected chi connectivity index (χ0v) is 9.87. The van der Waals surface area contributed by atoms with Crippen molar-refractivity contribution in [1.29, 1.82) is 0 Å². The SMILES string of the molecule is NNc1nc(NCCOCCO)cc(C(F)(F)F)n1. The number of aromatic nitrogens is 2. The van der Waals surface area contributed by atoms with Gasteiger partial charge in [-0.05, 0) is 0 Å². The van der Waals surface area contributed by atoms with E-state index in [0.29, 0.717) is 0 Å². The van der Waals surface area contributed by atoms with Crippen molar-refractivity contribution in [2.45, 2.75) is 6.18 Å². The van der Waals surface area contributed by atoms with E-state index in [1.54, 1.807) is 0 Å². The first-order valence-corrected chi connectivity index (χ1v) is 5.32. The quantitative estimate of drug-likeness (QED) is 0.321. The molecule has 0 spiro atoms. The standard InChI is InChI=1S/C9H14F3N5O2/c10-9(11,12)6-5-7(16-8(15-6)17-13)14-1-3-19-4-2-18/h5,18H,1-4,13H2,(H2,14,15,16,17). The minimum absolute atomic E-state index is 0.0251. The third-order valence-corrected chi connectivity index (χ3v) is 1.93. The monoisotopic (exact) mass is 281 g/mol. The largest absolute Gasteiger partial charge is 0.433 e. The molecule has 0 aliphatic carbocycles. The van der Waals surface area contributed by atoms with Crippen LogP contribution in [0.15, 0.2) is 6.07 Å². The maximum atomic E-state index is 12.5. The summed E-state index contributed by atoms with van der Waals surface area (Å²) in [6.45, 7) is 0.497. The van der Waals surface area contributed by atoms with Crippen LogP contribution in [-0.4, -0.2) is 41.4 Å². The Hall–Kier alpha value is -1.65. The van der Waals surface area contributed by atoms with Gasteiger partial charge in [0, 0.05) is 12.6 Å². The Bertz CT molecular complexity index is 402. The van der Waals surface area contributed by atoms with Gasteiger partial charge in [-0.3, -0.25) is 5.43 Å². The lowest BCUT2D eigenvalue weighted by Crippen LogP contribution is -2.18. The molecular weight excluding hydrogens is 267 g/mol. The van der Waals surface area contributed by atoms with Crippen LogP contribution < -0.4 is 16.6 Å². The molecule has 0 bridgehead atoms. The molecule has 0 fully saturated rings. The van der Waals surface area contributed by atoms with Crippen molar-refractivity contribution >= 4 is 11.8 Å². The van der Waals surface area contributed by atoms with Crippen LogP contribution in [0.3, 0.4) is 0 Å². The average Bonchev–Trinajstić information content (AvgIpc) is 2.37. The molecule has 0 unspecified atom stereocenters. The van der Waals surface area contributed by atoms with Gasteiger partial charge in [0.2, 0.25) is 5.95 Å². The van der Waals surface area contributed by atoms with E-state index in [1.165, 1.54) is 0 Å². The molecule has 1 rings (SSSR count). The van der Waals surface area contributed by atoms with E-state index in [4.69, 9.17) is 15.7 Å². The molecule has 0 amide bonds. The Morgan fingerprint density at radius 1 is 1.32 bits per heavy atom. The lowest BCUT2D eigenvalue weighted by Gasteiger charge is -2.11. The van der Waals surface area contributed by atoms with Crippen molar-refractivity contribution in [3.8, 4) is 0 Å². The van der Waals surface area contributed by atoms with Gasteiger partial charge in [0.05, 0.1) is 19.8 Å². The topological polar surface area (TPSA) is 105 Å². The van der Waals surface area contributed by atoms with Crippen molar-refractivity contribution in [2.75, 3.05) is 37.1 Å². The molecule has 0 atom stereocenters. The zero-order chi connectivity index (χ0) is 14.3. The fourth-order valence-corrected chi connectivity index (χ4v) is 1.17. The number of aliphatic hydroxyl groups is 1.